The van der Waals surface area contributed by atoms with Crippen LogP contribution in [-0.2, 0) is 12.7 Å². The zero-order valence-electron chi connectivity index (χ0n) is 25.3. The van der Waals surface area contributed by atoms with Gasteiger partial charge in [0.25, 0.3) is 5.56 Å². The lowest BCUT2D eigenvalue weighted by Crippen LogP contribution is -2.43. The second-order valence-electron chi connectivity index (χ2n) is 11.3. The van der Waals surface area contributed by atoms with E-state index in [4.69, 9.17) is 11.6 Å². The highest BCUT2D eigenvalue weighted by molar-refractivity contribution is 6.33. The summed E-state index contributed by atoms with van der Waals surface area (Å²) in [6.07, 6.45) is -0.156. The van der Waals surface area contributed by atoms with Gasteiger partial charge in [0.1, 0.15) is 5.65 Å². The summed E-state index contributed by atoms with van der Waals surface area (Å²) in [5, 5.41) is 7.49. The maximum absolute atomic E-state index is 14.5. The van der Waals surface area contributed by atoms with Crippen LogP contribution in [0.4, 0.5) is 30.5 Å². The molecule has 0 radical (unpaired) electrons. The minimum Gasteiger partial charge on any atom is -0.368 e. The molecule has 6 rings (SSSR count). The number of hydrogen-bond acceptors (Lipinski definition) is 8. The average Bonchev–Trinajstić information content (AvgIpc) is 3.04. The molecule has 46 heavy (non-hydrogen) atoms. The lowest BCUT2D eigenvalue weighted by Gasteiger charge is -2.30. The maximum atomic E-state index is 14.5. The Morgan fingerprint density at radius 2 is 1.80 bits per heavy atom. The summed E-state index contributed by atoms with van der Waals surface area (Å²) in [5.74, 6) is 0.223. The molecule has 0 aliphatic carbocycles. The van der Waals surface area contributed by atoms with Crippen molar-refractivity contribution in [1.82, 2.24) is 29.7 Å². The molecule has 2 N–H and O–H groups in total. The van der Waals surface area contributed by atoms with E-state index in [0.717, 1.165) is 37.9 Å². The van der Waals surface area contributed by atoms with Gasteiger partial charge in [0.05, 0.1) is 16.3 Å². The third-order valence-corrected chi connectivity index (χ3v) is 8.17. The van der Waals surface area contributed by atoms with E-state index < -0.39 is 17.3 Å². The van der Waals surface area contributed by atoms with Crippen LogP contribution in [0, 0.1) is 0 Å². The first-order valence-electron chi connectivity index (χ1n) is 14.8. The van der Waals surface area contributed by atoms with Gasteiger partial charge in [-0.05, 0) is 61.6 Å². The molecule has 238 valence electrons. The molecule has 1 aliphatic heterocycles. The number of nitrogens with one attached hydrogen (secondary N) is 2. The molecule has 3 aromatic heterocycles. The standard InChI is InChI=1S/C33H32ClF3N8O/c1-43(2)14-15-45-30-23(20-40-32(42-30)41-24-6-8-29(28(34)18-24)44-12-10-38-11-13-44)16-26(31(45)46)25-7-5-21(17-27(25)33(35,36)37)22-4-3-9-39-19-22/h3-9,16-20,38H,10-15H2,1-2H3,(H,40,41,42). The SMILES string of the molecule is CN(C)CCn1c(=O)c(-c2ccc(-c3cccnc3)cc2C(F)(F)F)cc2cnc(Nc3ccc(N4CCNCC4)c(Cl)c3)nc21. The number of pyridine rings is 2. The van der Waals surface area contributed by atoms with E-state index in [1.807, 2.05) is 31.1 Å². The Balaban J connectivity index is 1.41. The van der Waals surface area contributed by atoms with Crippen molar-refractivity contribution in [2.45, 2.75) is 12.7 Å². The number of aromatic nitrogens is 4. The molecule has 9 nitrogen and oxygen atoms in total. The van der Waals surface area contributed by atoms with E-state index in [1.165, 1.54) is 29.1 Å². The Bertz CT molecular complexity index is 1930. The van der Waals surface area contributed by atoms with Crippen LogP contribution in [0.1, 0.15) is 5.56 Å². The number of benzene rings is 2. The number of halogens is 4. The van der Waals surface area contributed by atoms with Crippen LogP contribution in [-0.4, -0.2) is 71.2 Å². The van der Waals surface area contributed by atoms with Crippen LogP contribution in [0.15, 0.2) is 78.0 Å². The average molecular weight is 649 g/mol. The smallest absolute Gasteiger partial charge is 0.368 e. The molecule has 1 saturated heterocycles. The summed E-state index contributed by atoms with van der Waals surface area (Å²) in [6.45, 7) is 4.13. The number of rotatable bonds is 8. The molecule has 1 aliphatic rings. The normalized spacial score (nSPS) is 13.8. The topological polar surface area (TPSA) is 91.2 Å². The highest BCUT2D eigenvalue weighted by Gasteiger charge is 2.35. The first-order valence-corrected chi connectivity index (χ1v) is 15.2. The zero-order valence-corrected chi connectivity index (χ0v) is 26.0. The van der Waals surface area contributed by atoms with Crippen molar-refractivity contribution >= 4 is 40.0 Å². The molecule has 13 heteroatoms. The van der Waals surface area contributed by atoms with Gasteiger partial charge in [-0.2, -0.15) is 18.2 Å². The van der Waals surface area contributed by atoms with Crippen molar-refractivity contribution < 1.29 is 13.2 Å². The van der Waals surface area contributed by atoms with Crippen molar-refractivity contribution in [3.05, 3.63) is 94.1 Å². The molecule has 0 spiro atoms. The van der Waals surface area contributed by atoms with Gasteiger partial charge in [-0.1, -0.05) is 29.8 Å². The number of likely N-dealkylation sites (N-methyl/N-ethyl adjacent to an activating group) is 1. The lowest BCUT2D eigenvalue weighted by molar-refractivity contribution is -0.137. The second kappa shape index (κ2) is 13.1. The van der Waals surface area contributed by atoms with Gasteiger partial charge >= 0.3 is 6.18 Å². The van der Waals surface area contributed by atoms with E-state index in [0.29, 0.717) is 39.4 Å². The molecule has 2 aromatic carbocycles. The van der Waals surface area contributed by atoms with Crippen LogP contribution in [0.5, 0.6) is 0 Å². The maximum Gasteiger partial charge on any atom is 0.417 e. The van der Waals surface area contributed by atoms with Crippen molar-refractivity contribution in [1.29, 1.82) is 0 Å². The van der Waals surface area contributed by atoms with Gasteiger partial charge in [0.2, 0.25) is 5.95 Å². The fraction of sp³-hybridized carbons (Fsp3) is 0.273. The highest BCUT2D eigenvalue weighted by atomic mass is 35.5. The second-order valence-corrected chi connectivity index (χ2v) is 11.7. The predicted octanol–water partition coefficient (Wildman–Crippen LogP) is 5.91. The summed E-state index contributed by atoms with van der Waals surface area (Å²) >= 11 is 6.63. The Morgan fingerprint density at radius 3 is 2.50 bits per heavy atom. The van der Waals surface area contributed by atoms with Crippen molar-refractivity contribution in [3.63, 3.8) is 0 Å². The van der Waals surface area contributed by atoms with E-state index in [9.17, 15) is 18.0 Å². The summed E-state index contributed by atoms with van der Waals surface area (Å²) in [7, 11) is 3.71. The lowest BCUT2D eigenvalue weighted by atomic mass is 9.95. The van der Waals surface area contributed by atoms with E-state index in [2.05, 4.69) is 30.5 Å². The number of piperazine rings is 1. The van der Waals surface area contributed by atoms with Gasteiger partial charge in [-0.15, -0.1) is 0 Å². The Kier molecular flexibility index (Phi) is 8.94. The summed E-state index contributed by atoms with van der Waals surface area (Å²) in [6, 6.07) is 14.4. The number of hydrogen-bond donors (Lipinski definition) is 2. The zero-order chi connectivity index (χ0) is 32.4. The van der Waals surface area contributed by atoms with Crippen molar-refractivity contribution in [2.75, 3.05) is 57.0 Å². The minimum atomic E-state index is -4.71. The third-order valence-electron chi connectivity index (χ3n) is 7.87. The molecule has 0 amide bonds. The van der Waals surface area contributed by atoms with Gasteiger partial charge in [-0.25, -0.2) is 4.98 Å². The van der Waals surface area contributed by atoms with Crippen molar-refractivity contribution in [2.24, 2.45) is 0 Å². The fourth-order valence-corrected chi connectivity index (χ4v) is 5.82. The van der Waals surface area contributed by atoms with Crippen LogP contribution < -0.4 is 21.1 Å². The third kappa shape index (κ3) is 6.69. The van der Waals surface area contributed by atoms with Gasteiger partial charge < -0.3 is 20.4 Å². The Hall–Kier alpha value is -4.52. The Morgan fingerprint density at radius 1 is 1.00 bits per heavy atom. The fourth-order valence-electron chi connectivity index (χ4n) is 5.52. The number of anilines is 3. The molecular weight excluding hydrogens is 617 g/mol. The monoisotopic (exact) mass is 648 g/mol. The van der Waals surface area contributed by atoms with E-state index in [-0.39, 0.29) is 23.6 Å². The number of fused-ring (bicyclic) bond motifs is 1. The molecule has 0 unspecified atom stereocenters. The minimum absolute atomic E-state index is 0.0871. The molecule has 4 heterocycles. The first kappa shape index (κ1) is 31.5. The van der Waals surface area contributed by atoms with Crippen LogP contribution in [0.25, 0.3) is 33.3 Å². The Labute approximate surface area is 268 Å². The summed E-state index contributed by atoms with van der Waals surface area (Å²) in [4.78, 5) is 31.2. The van der Waals surface area contributed by atoms with Crippen LogP contribution >= 0.6 is 11.6 Å². The molecule has 1 fully saturated rings. The van der Waals surface area contributed by atoms with Gasteiger partial charge in [0, 0.05) is 80.1 Å². The predicted molar refractivity (Wildman–Crippen MR) is 176 cm³/mol. The van der Waals surface area contributed by atoms with E-state index in [1.54, 1.807) is 30.5 Å². The summed E-state index contributed by atoms with van der Waals surface area (Å²) < 4.78 is 44.8. The molecule has 0 atom stereocenters. The van der Waals surface area contributed by atoms with Crippen LogP contribution in [0.3, 0.4) is 0 Å². The largest absolute Gasteiger partial charge is 0.417 e. The molecule has 0 bridgehead atoms. The van der Waals surface area contributed by atoms with Gasteiger partial charge in [-0.3, -0.25) is 14.3 Å². The summed E-state index contributed by atoms with van der Waals surface area (Å²) in [5.41, 5.74) is 0.982. The highest BCUT2D eigenvalue weighted by Crippen LogP contribution is 2.39. The quantitative estimate of drug-likeness (QED) is 0.215. The first-order chi connectivity index (χ1) is 22.1. The van der Waals surface area contributed by atoms with Crippen molar-refractivity contribution in [3.8, 4) is 22.3 Å². The molecule has 5 aromatic rings. The number of nitrogens with zero attached hydrogens (tertiary/aromatic N) is 6. The van der Waals surface area contributed by atoms with Gasteiger partial charge in [0.15, 0.2) is 0 Å². The number of alkyl halides is 3. The molecule has 0 saturated carbocycles. The van der Waals surface area contributed by atoms with Crippen LogP contribution in [0.2, 0.25) is 5.02 Å². The van der Waals surface area contributed by atoms with E-state index >= 15 is 0 Å². The molecular formula is C33H32ClF3N8O.